The van der Waals surface area contributed by atoms with Gasteiger partial charge in [-0.1, -0.05) is 18.2 Å². The molecule has 0 aliphatic rings. The molecule has 0 aliphatic heterocycles. The summed E-state index contributed by atoms with van der Waals surface area (Å²) in [6.07, 6.45) is -0.973. The number of para-hydroxylation sites is 1. The molecule has 25 heavy (non-hydrogen) atoms. The standard InChI is InChI=1S/C19H19NO5/c1-13(21)15-8-10-16(11-9-15)20-19(23)14(2)25-18(22)12-24-17-6-4-3-5-7-17/h3-11,14H,12H2,1-2H3,(H,20,23)/t14-/m1/s1. The lowest BCUT2D eigenvalue weighted by Crippen LogP contribution is -2.31. The van der Waals surface area contributed by atoms with Gasteiger partial charge in [0.05, 0.1) is 0 Å². The van der Waals surface area contributed by atoms with Crippen molar-refractivity contribution in [3.8, 4) is 5.75 Å². The van der Waals surface area contributed by atoms with Crippen molar-refractivity contribution in [2.75, 3.05) is 11.9 Å². The molecule has 130 valence electrons. The zero-order valence-electron chi connectivity index (χ0n) is 14.0. The Kier molecular flexibility index (Phi) is 6.28. The van der Waals surface area contributed by atoms with Crippen molar-refractivity contribution < 1.29 is 23.9 Å². The number of amides is 1. The third-order valence-corrected chi connectivity index (χ3v) is 3.34. The van der Waals surface area contributed by atoms with Crippen molar-refractivity contribution in [2.24, 2.45) is 0 Å². The number of rotatable bonds is 7. The molecule has 1 amide bonds. The third kappa shape index (κ3) is 5.76. The number of nitrogens with one attached hydrogen (secondary N) is 1. The van der Waals surface area contributed by atoms with Crippen LogP contribution in [0.25, 0.3) is 0 Å². The van der Waals surface area contributed by atoms with E-state index in [2.05, 4.69) is 5.32 Å². The molecule has 0 saturated heterocycles. The van der Waals surface area contributed by atoms with E-state index >= 15 is 0 Å². The second kappa shape index (κ2) is 8.63. The molecule has 0 aliphatic carbocycles. The fourth-order valence-electron chi connectivity index (χ4n) is 1.98. The largest absolute Gasteiger partial charge is 0.482 e. The molecule has 0 aromatic heterocycles. The number of ketones is 1. The minimum absolute atomic E-state index is 0.0569. The van der Waals surface area contributed by atoms with Gasteiger partial charge in [0.15, 0.2) is 18.5 Å². The fourth-order valence-corrected chi connectivity index (χ4v) is 1.98. The Morgan fingerprint density at radius 3 is 2.24 bits per heavy atom. The van der Waals surface area contributed by atoms with E-state index in [0.717, 1.165) is 0 Å². The van der Waals surface area contributed by atoms with Crippen molar-refractivity contribution in [1.82, 2.24) is 0 Å². The molecule has 0 heterocycles. The monoisotopic (exact) mass is 341 g/mol. The summed E-state index contributed by atoms with van der Waals surface area (Å²) in [5.41, 5.74) is 1.06. The molecule has 0 saturated carbocycles. The second-order valence-corrected chi connectivity index (χ2v) is 5.36. The summed E-state index contributed by atoms with van der Waals surface area (Å²) in [6, 6.07) is 15.3. The zero-order valence-corrected chi connectivity index (χ0v) is 14.0. The highest BCUT2D eigenvalue weighted by molar-refractivity contribution is 5.97. The van der Waals surface area contributed by atoms with Crippen molar-refractivity contribution in [2.45, 2.75) is 20.0 Å². The highest BCUT2D eigenvalue weighted by Gasteiger charge is 2.18. The van der Waals surface area contributed by atoms with Gasteiger partial charge in [-0.2, -0.15) is 0 Å². The molecule has 6 nitrogen and oxygen atoms in total. The van der Waals surface area contributed by atoms with Crippen LogP contribution in [0.15, 0.2) is 54.6 Å². The molecule has 1 N–H and O–H groups in total. The average molecular weight is 341 g/mol. The van der Waals surface area contributed by atoms with Crippen LogP contribution in [-0.4, -0.2) is 30.4 Å². The van der Waals surface area contributed by atoms with E-state index in [4.69, 9.17) is 9.47 Å². The highest BCUT2D eigenvalue weighted by Crippen LogP contribution is 2.11. The number of Topliss-reactive ketones (excluding diaryl/α,β-unsaturated/α-hetero) is 1. The number of carbonyl (C=O) groups excluding carboxylic acids is 3. The predicted molar refractivity (Wildman–Crippen MR) is 92.6 cm³/mol. The predicted octanol–water partition coefficient (Wildman–Crippen LogP) is 2.84. The number of ether oxygens (including phenoxy) is 2. The first kappa shape index (κ1) is 18.2. The summed E-state index contributed by atoms with van der Waals surface area (Å²) in [5.74, 6) is -0.622. The summed E-state index contributed by atoms with van der Waals surface area (Å²) in [4.78, 5) is 35.0. The average Bonchev–Trinajstić information content (AvgIpc) is 2.61. The number of anilines is 1. The number of hydrogen-bond donors (Lipinski definition) is 1. The van der Waals surface area contributed by atoms with Crippen LogP contribution in [0, 0.1) is 0 Å². The van der Waals surface area contributed by atoms with E-state index in [1.807, 2.05) is 6.07 Å². The number of hydrogen-bond acceptors (Lipinski definition) is 5. The molecule has 2 aromatic carbocycles. The number of esters is 1. The Hall–Kier alpha value is -3.15. The molecule has 0 bridgehead atoms. The van der Waals surface area contributed by atoms with Crippen LogP contribution in [0.4, 0.5) is 5.69 Å². The van der Waals surface area contributed by atoms with Crippen LogP contribution in [-0.2, 0) is 14.3 Å². The summed E-state index contributed by atoms with van der Waals surface area (Å²) in [5, 5.41) is 2.62. The molecule has 0 unspecified atom stereocenters. The summed E-state index contributed by atoms with van der Waals surface area (Å²) in [6.45, 7) is 2.65. The van der Waals surface area contributed by atoms with E-state index in [-0.39, 0.29) is 12.4 Å². The Morgan fingerprint density at radius 2 is 1.64 bits per heavy atom. The zero-order chi connectivity index (χ0) is 18.2. The lowest BCUT2D eigenvalue weighted by atomic mass is 10.1. The normalized spacial score (nSPS) is 11.3. The summed E-state index contributed by atoms with van der Waals surface area (Å²) in [7, 11) is 0. The third-order valence-electron chi connectivity index (χ3n) is 3.34. The molecular weight excluding hydrogens is 322 g/mol. The molecule has 0 spiro atoms. The minimum Gasteiger partial charge on any atom is -0.482 e. The van der Waals surface area contributed by atoms with Gasteiger partial charge in [0.2, 0.25) is 0 Å². The lowest BCUT2D eigenvalue weighted by Gasteiger charge is -2.14. The minimum atomic E-state index is -0.973. The van der Waals surface area contributed by atoms with Gasteiger partial charge >= 0.3 is 5.97 Å². The first-order valence-electron chi connectivity index (χ1n) is 7.75. The Morgan fingerprint density at radius 1 is 1.00 bits per heavy atom. The Labute approximate surface area is 145 Å². The smallest absolute Gasteiger partial charge is 0.344 e. The summed E-state index contributed by atoms with van der Waals surface area (Å²) >= 11 is 0. The second-order valence-electron chi connectivity index (χ2n) is 5.36. The van der Waals surface area contributed by atoms with E-state index in [1.165, 1.54) is 13.8 Å². The van der Waals surface area contributed by atoms with Crippen molar-refractivity contribution in [1.29, 1.82) is 0 Å². The van der Waals surface area contributed by atoms with Gasteiger partial charge in [-0.3, -0.25) is 9.59 Å². The molecule has 2 aromatic rings. The van der Waals surface area contributed by atoms with Gasteiger partial charge in [-0.15, -0.1) is 0 Å². The van der Waals surface area contributed by atoms with Gasteiger partial charge in [0.1, 0.15) is 5.75 Å². The molecule has 0 radical (unpaired) electrons. The van der Waals surface area contributed by atoms with E-state index in [9.17, 15) is 14.4 Å². The maximum Gasteiger partial charge on any atom is 0.344 e. The van der Waals surface area contributed by atoms with E-state index in [1.54, 1.807) is 48.5 Å². The SMILES string of the molecule is CC(=O)c1ccc(NC(=O)[C@@H](C)OC(=O)COc2ccccc2)cc1. The van der Waals surface area contributed by atoms with Crippen molar-refractivity contribution in [3.63, 3.8) is 0 Å². The molecular formula is C19H19NO5. The van der Waals surface area contributed by atoms with Gasteiger partial charge in [0, 0.05) is 11.3 Å². The van der Waals surface area contributed by atoms with Crippen LogP contribution in [0.3, 0.4) is 0 Å². The van der Waals surface area contributed by atoms with Crippen LogP contribution < -0.4 is 10.1 Å². The van der Waals surface area contributed by atoms with Gasteiger partial charge in [-0.25, -0.2) is 4.79 Å². The van der Waals surface area contributed by atoms with Gasteiger partial charge in [-0.05, 0) is 50.2 Å². The topological polar surface area (TPSA) is 81.7 Å². The number of carbonyl (C=O) groups is 3. The molecule has 2 rings (SSSR count). The lowest BCUT2D eigenvalue weighted by molar-refractivity contribution is -0.155. The first-order chi connectivity index (χ1) is 12.0. The van der Waals surface area contributed by atoms with Crippen molar-refractivity contribution in [3.05, 3.63) is 60.2 Å². The maximum absolute atomic E-state index is 12.0. The van der Waals surface area contributed by atoms with Crippen molar-refractivity contribution >= 4 is 23.3 Å². The van der Waals surface area contributed by atoms with Crippen LogP contribution in [0.1, 0.15) is 24.2 Å². The quantitative estimate of drug-likeness (QED) is 0.618. The van der Waals surface area contributed by atoms with Gasteiger partial charge in [0.25, 0.3) is 5.91 Å². The Bertz CT molecular complexity index is 740. The number of benzene rings is 2. The highest BCUT2D eigenvalue weighted by atomic mass is 16.6. The molecule has 6 heteroatoms. The molecule has 0 fully saturated rings. The van der Waals surface area contributed by atoms with Crippen LogP contribution in [0.5, 0.6) is 5.75 Å². The van der Waals surface area contributed by atoms with Gasteiger partial charge < -0.3 is 14.8 Å². The maximum atomic E-state index is 12.0. The van der Waals surface area contributed by atoms with E-state index in [0.29, 0.717) is 17.0 Å². The van der Waals surface area contributed by atoms with Crippen LogP contribution in [0.2, 0.25) is 0 Å². The summed E-state index contributed by atoms with van der Waals surface area (Å²) < 4.78 is 10.3. The molecule has 1 atom stereocenters. The van der Waals surface area contributed by atoms with E-state index < -0.39 is 18.0 Å². The first-order valence-corrected chi connectivity index (χ1v) is 7.75. The Balaban J connectivity index is 1.81. The fraction of sp³-hybridized carbons (Fsp3) is 0.211. The van der Waals surface area contributed by atoms with Crippen LogP contribution >= 0.6 is 0 Å².